The van der Waals surface area contributed by atoms with Gasteiger partial charge in [0.1, 0.15) is 12.4 Å². The second-order valence-corrected chi connectivity index (χ2v) is 12.5. The predicted molar refractivity (Wildman–Crippen MR) is 172 cm³/mol. The molecule has 0 unspecified atom stereocenters. The number of hydrogen-bond acceptors (Lipinski definition) is 9. The largest absolute Gasteiger partial charge is 0.462 e. The summed E-state index contributed by atoms with van der Waals surface area (Å²) in [5, 5.41) is 11.8. The molecular formula is C34H41FN8O2. The Morgan fingerprint density at radius 3 is 2.80 bits per heavy atom. The van der Waals surface area contributed by atoms with Crippen LogP contribution in [0.25, 0.3) is 10.8 Å². The van der Waals surface area contributed by atoms with Gasteiger partial charge in [0.2, 0.25) is 0 Å². The van der Waals surface area contributed by atoms with Crippen molar-refractivity contribution in [2.24, 2.45) is 5.92 Å². The fourth-order valence-electron chi connectivity index (χ4n) is 6.81. The van der Waals surface area contributed by atoms with Gasteiger partial charge in [0.25, 0.3) is 5.91 Å². The minimum atomic E-state index is -1.01. The number of aromatic nitrogens is 3. The second-order valence-electron chi connectivity index (χ2n) is 12.5. The van der Waals surface area contributed by atoms with Gasteiger partial charge in [-0.05, 0) is 44.7 Å². The maximum Gasteiger partial charge on any atom is 0.318 e. The Hall–Kier alpha value is -4.30. The van der Waals surface area contributed by atoms with Gasteiger partial charge in [-0.1, -0.05) is 31.2 Å². The first kappa shape index (κ1) is 30.7. The lowest BCUT2D eigenvalue weighted by Gasteiger charge is -2.42. The maximum atomic E-state index is 13.8. The molecule has 4 heterocycles. The molecule has 3 aliphatic rings. The lowest BCUT2D eigenvalue weighted by molar-refractivity contribution is -0.131. The van der Waals surface area contributed by atoms with Gasteiger partial charge in [0, 0.05) is 61.8 Å². The number of anilines is 2. The molecule has 0 N–H and O–H groups in total. The van der Waals surface area contributed by atoms with Crippen LogP contribution in [0.5, 0.6) is 6.01 Å². The quantitative estimate of drug-likeness (QED) is 0.308. The number of halogens is 1. The highest BCUT2D eigenvalue weighted by Crippen LogP contribution is 2.35. The molecule has 1 aromatic carbocycles. The van der Waals surface area contributed by atoms with E-state index in [0.717, 1.165) is 53.7 Å². The Bertz CT molecular complexity index is 1610. The highest BCUT2D eigenvalue weighted by atomic mass is 19.1. The Morgan fingerprint density at radius 1 is 1.20 bits per heavy atom. The molecular weight excluding hydrogens is 571 g/mol. The zero-order valence-electron chi connectivity index (χ0n) is 26.2. The van der Waals surface area contributed by atoms with Crippen molar-refractivity contribution in [1.29, 1.82) is 5.26 Å². The minimum absolute atomic E-state index is 0.0840. The molecule has 1 saturated carbocycles. The first-order valence-electron chi connectivity index (χ1n) is 15.9. The van der Waals surface area contributed by atoms with E-state index in [1.165, 1.54) is 35.1 Å². The first-order chi connectivity index (χ1) is 21.8. The van der Waals surface area contributed by atoms with Crippen molar-refractivity contribution in [3.05, 3.63) is 59.8 Å². The van der Waals surface area contributed by atoms with Crippen molar-refractivity contribution >= 4 is 28.2 Å². The molecule has 2 aromatic heterocycles. The molecule has 3 aromatic rings. The van der Waals surface area contributed by atoms with Gasteiger partial charge in [-0.2, -0.15) is 15.2 Å². The van der Waals surface area contributed by atoms with Crippen LogP contribution in [0.1, 0.15) is 42.5 Å². The molecule has 0 radical (unpaired) electrons. The van der Waals surface area contributed by atoms with E-state index in [1.54, 1.807) is 0 Å². The van der Waals surface area contributed by atoms with Crippen molar-refractivity contribution in [1.82, 2.24) is 24.8 Å². The van der Waals surface area contributed by atoms with Crippen molar-refractivity contribution in [3.63, 3.8) is 0 Å². The molecule has 1 amide bonds. The van der Waals surface area contributed by atoms with Crippen LogP contribution in [0.2, 0.25) is 0 Å². The number of rotatable bonds is 10. The third-order valence-corrected chi connectivity index (χ3v) is 9.44. The van der Waals surface area contributed by atoms with E-state index < -0.39 is 17.8 Å². The van der Waals surface area contributed by atoms with Crippen LogP contribution >= 0.6 is 0 Å². The summed E-state index contributed by atoms with van der Waals surface area (Å²) in [6.07, 6.45) is 8.55. The summed E-state index contributed by atoms with van der Waals surface area (Å²) in [7, 11) is 2.13. The molecule has 0 spiro atoms. The standard InChI is InChI=1S/C34H41FN8O2/c1-23-6-4-9-26-18-37-19-30(31(23)26)41-13-11-28-29(22-41)38-34(45-17-16-40(3)20-25-7-5-8-25)39-32(28)42-14-15-43(33(44)24(2)35)27(21-42)10-12-36/h4,6,9,18-19,25,27H,2,5,7-8,10-11,13-17,20-22H2,1,3H3/t27-/m0/s1. The number of likely N-dealkylation sites (N-methyl/N-ethyl adjacent to an activating group) is 1. The van der Waals surface area contributed by atoms with Crippen LogP contribution < -0.4 is 14.5 Å². The number of nitrogens with zero attached hydrogens (tertiary/aromatic N) is 8. The van der Waals surface area contributed by atoms with Crippen molar-refractivity contribution < 1.29 is 13.9 Å². The molecule has 0 bridgehead atoms. The zero-order chi connectivity index (χ0) is 31.5. The SMILES string of the molecule is C=C(F)C(=O)N1CCN(c2nc(OCCN(C)CC3CCC3)nc3c2CCN(c2cncc4cccc(C)c24)C3)C[C@@H]1CC#N. The Kier molecular flexibility index (Phi) is 9.12. The average molecular weight is 613 g/mol. The van der Waals surface area contributed by atoms with E-state index in [9.17, 15) is 14.4 Å². The van der Waals surface area contributed by atoms with Gasteiger partial charge in [0.15, 0.2) is 5.83 Å². The van der Waals surface area contributed by atoms with E-state index in [-0.39, 0.29) is 13.0 Å². The number of benzene rings is 1. The van der Waals surface area contributed by atoms with E-state index in [0.29, 0.717) is 38.7 Å². The van der Waals surface area contributed by atoms with Gasteiger partial charge in [-0.15, -0.1) is 0 Å². The van der Waals surface area contributed by atoms with E-state index in [1.807, 2.05) is 12.4 Å². The van der Waals surface area contributed by atoms with Crippen molar-refractivity contribution in [3.8, 4) is 12.1 Å². The molecule has 1 saturated heterocycles. The van der Waals surface area contributed by atoms with Gasteiger partial charge in [0.05, 0.1) is 42.7 Å². The van der Waals surface area contributed by atoms with Gasteiger partial charge in [-0.3, -0.25) is 9.78 Å². The van der Waals surface area contributed by atoms with Crippen LogP contribution in [-0.2, 0) is 17.8 Å². The summed E-state index contributed by atoms with van der Waals surface area (Å²) in [5.74, 6) is -0.230. The third kappa shape index (κ3) is 6.57. The number of aryl methyl sites for hydroxylation is 1. The number of fused-ring (bicyclic) bond motifs is 2. The lowest BCUT2D eigenvalue weighted by Crippen LogP contribution is -2.55. The third-order valence-electron chi connectivity index (χ3n) is 9.44. The monoisotopic (exact) mass is 612 g/mol. The minimum Gasteiger partial charge on any atom is -0.462 e. The number of nitriles is 1. The Labute approximate surface area is 264 Å². The van der Waals surface area contributed by atoms with Crippen LogP contribution in [0, 0.1) is 24.2 Å². The number of pyridine rings is 1. The highest BCUT2D eigenvalue weighted by molar-refractivity contribution is 5.96. The molecule has 11 heteroatoms. The number of hydrogen-bond donors (Lipinski definition) is 0. The molecule has 2 fully saturated rings. The van der Waals surface area contributed by atoms with Crippen molar-refractivity contribution in [2.45, 2.75) is 51.6 Å². The van der Waals surface area contributed by atoms with Crippen molar-refractivity contribution in [2.75, 3.05) is 62.7 Å². The molecule has 10 nitrogen and oxygen atoms in total. The van der Waals surface area contributed by atoms with Crippen LogP contribution in [0.3, 0.4) is 0 Å². The first-order valence-corrected chi connectivity index (χ1v) is 15.9. The summed E-state index contributed by atoms with van der Waals surface area (Å²) < 4.78 is 20.0. The van der Waals surface area contributed by atoms with Gasteiger partial charge < -0.3 is 24.3 Å². The molecule has 45 heavy (non-hydrogen) atoms. The normalized spacial score (nSPS) is 18.5. The number of ether oxygens (including phenoxy) is 1. The smallest absolute Gasteiger partial charge is 0.318 e. The Morgan fingerprint density at radius 2 is 2.04 bits per heavy atom. The molecule has 1 aliphatic carbocycles. The van der Waals surface area contributed by atoms with Gasteiger partial charge >= 0.3 is 6.01 Å². The lowest BCUT2D eigenvalue weighted by atomic mass is 9.85. The summed E-state index contributed by atoms with van der Waals surface area (Å²) in [4.78, 5) is 35.1. The number of amides is 1. The number of piperazine rings is 1. The second kappa shape index (κ2) is 13.4. The summed E-state index contributed by atoms with van der Waals surface area (Å²) >= 11 is 0. The summed E-state index contributed by atoms with van der Waals surface area (Å²) in [6, 6.07) is 8.27. The zero-order valence-corrected chi connectivity index (χ0v) is 26.2. The van der Waals surface area contributed by atoms with E-state index in [4.69, 9.17) is 14.7 Å². The molecule has 236 valence electrons. The fraction of sp³-hybridized carbons (Fsp3) is 0.500. The summed E-state index contributed by atoms with van der Waals surface area (Å²) in [6.45, 7) is 10.0. The van der Waals surface area contributed by atoms with Crippen LogP contribution in [0.15, 0.2) is 43.0 Å². The average Bonchev–Trinajstić information content (AvgIpc) is 3.02. The molecule has 6 rings (SSSR count). The predicted octanol–water partition coefficient (Wildman–Crippen LogP) is 4.42. The molecule has 1 atom stereocenters. The van der Waals surface area contributed by atoms with Crippen LogP contribution in [0.4, 0.5) is 15.9 Å². The highest BCUT2D eigenvalue weighted by Gasteiger charge is 2.35. The van der Waals surface area contributed by atoms with Gasteiger partial charge in [-0.25, -0.2) is 4.39 Å². The number of carbonyl (C=O) groups is 1. The summed E-state index contributed by atoms with van der Waals surface area (Å²) in [5.41, 5.74) is 4.20. The topological polar surface area (TPSA) is 102 Å². The fourth-order valence-corrected chi connectivity index (χ4v) is 6.81. The number of carbonyl (C=O) groups excluding carboxylic acids is 1. The Balaban J connectivity index is 1.28. The maximum absolute atomic E-state index is 13.8. The van der Waals surface area contributed by atoms with E-state index >= 15 is 0 Å². The van der Waals surface area contributed by atoms with Crippen LogP contribution in [-0.4, -0.2) is 89.6 Å². The molecule has 2 aliphatic heterocycles. The van der Waals surface area contributed by atoms with E-state index in [2.05, 4.69) is 64.5 Å².